The van der Waals surface area contributed by atoms with E-state index >= 15 is 0 Å². The van der Waals surface area contributed by atoms with Gasteiger partial charge in [0.05, 0.1) is 12.6 Å². The highest BCUT2D eigenvalue weighted by molar-refractivity contribution is 5.83. The van der Waals surface area contributed by atoms with Gasteiger partial charge in [-0.2, -0.15) is 13.2 Å². The van der Waals surface area contributed by atoms with Crippen LogP contribution in [0.1, 0.15) is 44.8 Å². The smallest absolute Gasteiger partial charge is 0.386 e. The molecule has 7 heteroatoms. The van der Waals surface area contributed by atoms with Crippen LogP contribution in [0.5, 0.6) is 0 Å². The van der Waals surface area contributed by atoms with Crippen LogP contribution in [0.15, 0.2) is 30.3 Å². The van der Waals surface area contributed by atoms with Gasteiger partial charge in [0, 0.05) is 7.11 Å². The van der Waals surface area contributed by atoms with E-state index in [9.17, 15) is 23.1 Å². The average molecular weight is 361 g/mol. The van der Waals surface area contributed by atoms with Gasteiger partial charge in [0.15, 0.2) is 0 Å². The molecule has 1 amide bonds. The van der Waals surface area contributed by atoms with Crippen molar-refractivity contribution in [2.75, 3.05) is 13.7 Å². The quantitative estimate of drug-likeness (QED) is 0.706. The van der Waals surface area contributed by atoms with E-state index in [2.05, 4.69) is 5.32 Å². The van der Waals surface area contributed by atoms with Crippen LogP contribution in [0.2, 0.25) is 0 Å². The van der Waals surface area contributed by atoms with Crippen molar-refractivity contribution in [1.82, 2.24) is 5.32 Å². The minimum atomic E-state index is -4.68. The molecule has 3 atom stereocenters. The first kappa shape index (κ1) is 21.4. The van der Waals surface area contributed by atoms with E-state index in [1.807, 2.05) is 0 Å². The predicted molar refractivity (Wildman–Crippen MR) is 88.9 cm³/mol. The molecule has 0 fully saturated rings. The SMILES string of the molecule is CCCC[C@@](C)(C(=O)N[C@@H](COC)[C@@H](O)c1ccccc1)C(F)(F)F. The van der Waals surface area contributed by atoms with Gasteiger partial charge in [-0.15, -0.1) is 0 Å². The van der Waals surface area contributed by atoms with Crippen LogP contribution >= 0.6 is 0 Å². The Kier molecular flexibility index (Phi) is 7.89. The van der Waals surface area contributed by atoms with Crippen LogP contribution in [0.25, 0.3) is 0 Å². The van der Waals surface area contributed by atoms with Gasteiger partial charge in [-0.05, 0) is 18.9 Å². The van der Waals surface area contributed by atoms with Crippen molar-refractivity contribution < 1.29 is 27.8 Å². The van der Waals surface area contributed by atoms with Crippen LogP contribution in [-0.2, 0) is 9.53 Å². The fraction of sp³-hybridized carbons (Fsp3) is 0.611. The van der Waals surface area contributed by atoms with Crippen molar-refractivity contribution in [1.29, 1.82) is 0 Å². The highest BCUT2D eigenvalue weighted by atomic mass is 19.4. The number of halogens is 3. The van der Waals surface area contributed by atoms with E-state index in [-0.39, 0.29) is 19.4 Å². The van der Waals surface area contributed by atoms with Crippen LogP contribution in [0.3, 0.4) is 0 Å². The molecule has 0 unspecified atom stereocenters. The van der Waals surface area contributed by atoms with Crippen molar-refractivity contribution >= 4 is 5.91 Å². The van der Waals surface area contributed by atoms with Gasteiger partial charge in [-0.25, -0.2) is 0 Å². The Morgan fingerprint density at radius 3 is 2.36 bits per heavy atom. The second-order valence-corrected chi connectivity index (χ2v) is 6.32. The van der Waals surface area contributed by atoms with E-state index in [4.69, 9.17) is 4.74 Å². The standard InChI is InChI=1S/C18H26F3NO3/c1-4-5-11-17(2,18(19,20)21)16(24)22-14(12-25-3)15(23)13-9-7-6-8-10-13/h6-10,14-15,23H,4-5,11-12H2,1-3H3,(H,22,24)/t14-,15-,17-/m0/s1. The number of carbonyl (C=O) groups is 1. The third-order valence-corrected chi connectivity index (χ3v) is 4.34. The van der Waals surface area contributed by atoms with Crippen molar-refractivity contribution in [3.63, 3.8) is 0 Å². The summed E-state index contributed by atoms with van der Waals surface area (Å²) in [5, 5.41) is 12.8. The van der Waals surface area contributed by atoms with Crippen molar-refractivity contribution in [2.45, 2.75) is 51.4 Å². The first-order chi connectivity index (χ1) is 11.7. The number of rotatable bonds is 9. The Labute approximate surface area is 146 Å². The Balaban J connectivity index is 3.00. The minimum absolute atomic E-state index is 0.108. The molecular formula is C18H26F3NO3. The molecule has 0 saturated carbocycles. The lowest BCUT2D eigenvalue weighted by molar-refractivity contribution is -0.219. The molecule has 0 heterocycles. The van der Waals surface area contributed by atoms with Gasteiger partial charge in [-0.3, -0.25) is 4.79 Å². The fourth-order valence-electron chi connectivity index (χ4n) is 2.52. The summed E-state index contributed by atoms with van der Waals surface area (Å²) in [7, 11) is 1.36. The summed E-state index contributed by atoms with van der Waals surface area (Å²) in [6.07, 6.45) is -5.33. The molecule has 2 N–H and O–H groups in total. The number of ether oxygens (including phenoxy) is 1. The number of alkyl halides is 3. The van der Waals surface area contributed by atoms with Crippen molar-refractivity contribution in [2.24, 2.45) is 5.41 Å². The molecule has 1 rings (SSSR count). The lowest BCUT2D eigenvalue weighted by atomic mass is 9.82. The Morgan fingerprint density at radius 1 is 1.28 bits per heavy atom. The number of methoxy groups -OCH3 is 1. The lowest BCUT2D eigenvalue weighted by Gasteiger charge is -2.33. The molecule has 0 radical (unpaired) electrons. The molecule has 1 aromatic rings. The molecule has 0 aliphatic rings. The number of nitrogens with one attached hydrogen (secondary N) is 1. The van der Waals surface area contributed by atoms with Gasteiger partial charge in [0.25, 0.3) is 0 Å². The van der Waals surface area contributed by atoms with Crippen LogP contribution in [0, 0.1) is 5.41 Å². The van der Waals surface area contributed by atoms with Gasteiger partial charge in [0.1, 0.15) is 11.5 Å². The number of amides is 1. The molecule has 0 bridgehead atoms. The topological polar surface area (TPSA) is 58.6 Å². The van der Waals surface area contributed by atoms with Gasteiger partial charge < -0.3 is 15.2 Å². The highest BCUT2D eigenvalue weighted by Crippen LogP contribution is 2.42. The number of aliphatic hydroxyl groups is 1. The van der Waals surface area contributed by atoms with E-state index in [1.54, 1.807) is 37.3 Å². The molecule has 0 spiro atoms. The highest BCUT2D eigenvalue weighted by Gasteiger charge is 2.56. The summed E-state index contributed by atoms with van der Waals surface area (Å²) in [4.78, 5) is 12.4. The monoisotopic (exact) mass is 361 g/mol. The summed E-state index contributed by atoms with van der Waals surface area (Å²) in [5.41, 5.74) is -2.02. The van der Waals surface area contributed by atoms with Crippen LogP contribution in [-0.4, -0.2) is 36.9 Å². The largest absolute Gasteiger partial charge is 0.402 e. The molecular weight excluding hydrogens is 335 g/mol. The van der Waals surface area contributed by atoms with Crippen LogP contribution < -0.4 is 5.32 Å². The Bertz CT molecular complexity index is 536. The number of hydrogen-bond acceptors (Lipinski definition) is 3. The number of unbranched alkanes of at least 4 members (excludes halogenated alkanes) is 1. The maximum absolute atomic E-state index is 13.5. The zero-order valence-electron chi connectivity index (χ0n) is 14.8. The van der Waals surface area contributed by atoms with Gasteiger partial charge >= 0.3 is 6.18 Å². The summed E-state index contributed by atoms with van der Waals surface area (Å²) in [5.74, 6) is -1.15. The van der Waals surface area contributed by atoms with E-state index in [1.165, 1.54) is 7.11 Å². The van der Waals surface area contributed by atoms with Gasteiger partial charge in [-0.1, -0.05) is 50.1 Å². The predicted octanol–water partition coefficient (Wildman–Crippen LogP) is 3.61. The third kappa shape index (κ3) is 5.44. The second kappa shape index (κ2) is 9.20. The zero-order chi connectivity index (χ0) is 19.1. The minimum Gasteiger partial charge on any atom is -0.386 e. The molecule has 1 aromatic carbocycles. The molecule has 4 nitrogen and oxygen atoms in total. The number of benzene rings is 1. The number of carbonyl (C=O) groups excluding carboxylic acids is 1. The van der Waals surface area contributed by atoms with Crippen molar-refractivity contribution in [3.8, 4) is 0 Å². The summed E-state index contributed by atoms with van der Waals surface area (Å²) >= 11 is 0. The molecule has 25 heavy (non-hydrogen) atoms. The average Bonchev–Trinajstić information content (AvgIpc) is 2.58. The fourth-order valence-corrected chi connectivity index (χ4v) is 2.52. The second-order valence-electron chi connectivity index (χ2n) is 6.32. The van der Waals surface area contributed by atoms with Crippen molar-refractivity contribution in [3.05, 3.63) is 35.9 Å². The first-order valence-electron chi connectivity index (χ1n) is 8.27. The molecule has 0 aliphatic carbocycles. The maximum atomic E-state index is 13.5. The number of hydrogen-bond donors (Lipinski definition) is 2. The summed E-state index contributed by atoms with van der Waals surface area (Å²) < 4.78 is 45.4. The molecule has 0 aromatic heterocycles. The van der Waals surface area contributed by atoms with E-state index in [0.29, 0.717) is 12.0 Å². The summed E-state index contributed by atoms with van der Waals surface area (Å²) in [6.45, 7) is 2.56. The first-order valence-corrected chi connectivity index (χ1v) is 8.27. The Hall–Kier alpha value is -1.60. The molecule has 142 valence electrons. The normalized spacial score (nSPS) is 16.8. The Morgan fingerprint density at radius 2 is 1.88 bits per heavy atom. The summed E-state index contributed by atoms with van der Waals surface area (Å²) in [6, 6.07) is 7.45. The molecule has 0 saturated heterocycles. The molecule has 0 aliphatic heterocycles. The third-order valence-electron chi connectivity index (χ3n) is 4.34. The zero-order valence-corrected chi connectivity index (χ0v) is 14.8. The van der Waals surface area contributed by atoms with E-state index in [0.717, 1.165) is 6.92 Å². The lowest BCUT2D eigenvalue weighted by Crippen LogP contribution is -2.53. The van der Waals surface area contributed by atoms with Gasteiger partial charge in [0.2, 0.25) is 5.91 Å². The van der Waals surface area contributed by atoms with Crippen LogP contribution in [0.4, 0.5) is 13.2 Å². The van der Waals surface area contributed by atoms with E-state index < -0.39 is 29.6 Å². The number of aliphatic hydroxyl groups excluding tert-OH is 1. The maximum Gasteiger partial charge on any atom is 0.402 e.